The molecule has 2 rings (SSSR count). The Morgan fingerprint density at radius 3 is 3.60 bits per heavy atom. The molecule has 0 saturated carbocycles. The molecule has 1 N–H and O–H groups in total. The smallest absolute Gasteiger partial charge is 0.0900 e. The number of fused-ring (bicyclic) bond motifs is 1. The van der Waals surface area contributed by atoms with E-state index in [0.717, 1.165) is 30.1 Å². The van der Waals surface area contributed by atoms with Crippen molar-refractivity contribution in [3.63, 3.8) is 0 Å². The van der Waals surface area contributed by atoms with Gasteiger partial charge in [-0.1, -0.05) is 0 Å². The van der Waals surface area contributed by atoms with Gasteiger partial charge in [0.25, 0.3) is 0 Å². The third kappa shape index (κ3) is 0.954. The summed E-state index contributed by atoms with van der Waals surface area (Å²) >= 11 is 1.31. The first kappa shape index (κ1) is 3.83. The summed E-state index contributed by atoms with van der Waals surface area (Å²) in [7, 11) is 0. The standard InChI is InChI=1S/C7H10N2S/c1-5-9-6-2-3-8-4-7(6)10-5/h8H,2-4H2,1H3/i1D3. The number of nitrogens with one attached hydrogen (secondary N) is 1. The van der Waals surface area contributed by atoms with Crippen LogP contribution in [0.4, 0.5) is 0 Å². The zero-order valence-corrected chi connectivity index (χ0v) is 6.29. The zero-order valence-electron chi connectivity index (χ0n) is 8.48. The summed E-state index contributed by atoms with van der Waals surface area (Å²) in [6, 6.07) is 0. The van der Waals surface area contributed by atoms with E-state index in [1.165, 1.54) is 11.3 Å². The molecule has 2 heterocycles. The number of aryl methyl sites for hydroxylation is 1. The van der Waals surface area contributed by atoms with Crippen molar-refractivity contribution in [1.29, 1.82) is 0 Å². The summed E-state index contributed by atoms with van der Waals surface area (Å²) in [6.07, 6.45) is 0.849. The summed E-state index contributed by atoms with van der Waals surface area (Å²) in [5.41, 5.74) is 0.967. The van der Waals surface area contributed by atoms with E-state index >= 15 is 0 Å². The van der Waals surface area contributed by atoms with Crippen molar-refractivity contribution < 1.29 is 4.11 Å². The lowest BCUT2D eigenvalue weighted by Gasteiger charge is -2.09. The van der Waals surface area contributed by atoms with Gasteiger partial charge in [0.15, 0.2) is 0 Å². The molecule has 10 heavy (non-hydrogen) atoms. The van der Waals surface area contributed by atoms with Gasteiger partial charge in [-0.15, -0.1) is 11.3 Å². The van der Waals surface area contributed by atoms with Gasteiger partial charge in [-0.2, -0.15) is 0 Å². The van der Waals surface area contributed by atoms with Crippen LogP contribution >= 0.6 is 11.3 Å². The van der Waals surface area contributed by atoms with Gasteiger partial charge in [-0.05, 0) is 6.85 Å². The minimum Gasteiger partial charge on any atom is -0.311 e. The molecule has 0 saturated heterocycles. The summed E-state index contributed by atoms with van der Waals surface area (Å²) < 4.78 is 21.6. The molecule has 0 bridgehead atoms. The van der Waals surface area contributed by atoms with E-state index in [4.69, 9.17) is 4.11 Å². The average Bonchev–Trinajstić information content (AvgIpc) is 2.45. The number of hydrogen-bond acceptors (Lipinski definition) is 3. The molecule has 1 aromatic heterocycles. The van der Waals surface area contributed by atoms with Gasteiger partial charge in [-0.25, -0.2) is 4.98 Å². The molecular weight excluding hydrogens is 144 g/mol. The number of thiazole rings is 1. The van der Waals surface area contributed by atoms with Crippen molar-refractivity contribution in [3.05, 3.63) is 15.6 Å². The lowest BCUT2D eigenvalue weighted by molar-refractivity contribution is 0.643. The van der Waals surface area contributed by atoms with Gasteiger partial charge < -0.3 is 5.32 Å². The molecule has 0 fully saturated rings. The first-order chi connectivity index (χ1) is 6.07. The molecule has 0 atom stereocenters. The largest absolute Gasteiger partial charge is 0.311 e. The third-order valence-corrected chi connectivity index (χ3v) is 2.51. The quantitative estimate of drug-likeness (QED) is 0.610. The molecule has 0 aliphatic carbocycles. The predicted octanol–water partition coefficient (Wildman–Crippen LogP) is 1.10. The lowest BCUT2D eigenvalue weighted by atomic mass is 10.2. The normalized spacial score (nSPS) is 22.6. The summed E-state index contributed by atoms with van der Waals surface area (Å²) in [4.78, 5) is 5.22. The molecule has 0 radical (unpaired) electrons. The fourth-order valence-electron chi connectivity index (χ4n) is 1.13. The summed E-state index contributed by atoms with van der Waals surface area (Å²) in [5.74, 6) is 0. The summed E-state index contributed by atoms with van der Waals surface area (Å²) in [6.45, 7) is -0.373. The minimum absolute atomic E-state index is 0.279. The van der Waals surface area contributed by atoms with Gasteiger partial charge in [0.1, 0.15) is 0 Å². The Balaban J connectivity index is 2.36. The number of rotatable bonds is 0. The maximum atomic E-state index is 7.21. The minimum atomic E-state index is -2.04. The fourth-order valence-corrected chi connectivity index (χ4v) is 1.95. The van der Waals surface area contributed by atoms with Crippen LogP contribution in [-0.2, 0) is 13.0 Å². The molecule has 0 spiro atoms. The van der Waals surface area contributed by atoms with Crippen molar-refractivity contribution in [2.45, 2.75) is 19.8 Å². The second kappa shape index (κ2) is 2.32. The molecule has 1 aliphatic rings. The number of nitrogens with zero attached hydrogens (tertiary/aromatic N) is 1. The van der Waals surface area contributed by atoms with Crippen LogP contribution in [0.25, 0.3) is 0 Å². The Hall–Kier alpha value is -0.410. The first-order valence-corrected chi connectivity index (χ1v) is 4.09. The Morgan fingerprint density at radius 2 is 2.80 bits per heavy atom. The molecule has 1 aromatic rings. The monoisotopic (exact) mass is 157 g/mol. The van der Waals surface area contributed by atoms with E-state index in [-0.39, 0.29) is 5.01 Å². The van der Waals surface area contributed by atoms with Crippen LogP contribution in [0, 0.1) is 6.85 Å². The van der Waals surface area contributed by atoms with Crippen LogP contribution in [0.15, 0.2) is 0 Å². The van der Waals surface area contributed by atoms with Crippen molar-refractivity contribution in [3.8, 4) is 0 Å². The molecular formula is C7H10N2S. The van der Waals surface area contributed by atoms with Gasteiger partial charge >= 0.3 is 0 Å². The van der Waals surface area contributed by atoms with Crippen LogP contribution in [0.1, 0.15) is 19.7 Å². The SMILES string of the molecule is [2H]C([2H])([2H])c1nc2c(s1)CNCC2. The van der Waals surface area contributed by atoms with E-state index in [1.807, 2.05) is 0 Å². The zero-order chi connectivity index (χ0) is 9.47. The number of aromatic nitrogens is 1. The molecule has 3 heteroatoms. The highest BCUT2D eigenvalue weighted by molar-refractivity contribution is 7.11. The van der Waals surface area contributed by atoms with Gasteiger partial charge in [-0.3, -0.25) is 0 Å². The Kier molecular flexibility index (Phi) is 0.891. The molecule has 2 nitrogen and oxygen atoms in total. The molecule has 0 unspecified atom stereocenters. The van der Waals surface area contributed by atoms with Crippen molar-refractivity contribution in [2.24, 2.45) is 0 Å². The Bertz CT molecular complexity index is 295. The lowest BCUT2D eigenvalue weighted by Crippen LogP contribution is -2.22. The van der Waals surface area contributed by atoms with Crippen LogP contribution in [0.5, 0.6) is 0 Å². The second-order valence-corrected chi connectivity index (χ2v) is 3.40. The molecule has 54 valence electrons. The van der Waals surface area contributed by atoms with Crippen molar-refractivity contribution in [1.82, 2.24) is 10.3 Å². The van der Waals surface area contributed by atoms with Crippen LogP contribution in [-0.4, -0.2) is 11.5 Å². The highest BCUT2D eigenvalue weighted by Crippen LogP contribution is 2.20. The fraction of sp³-hybridized carbons (Fsp3) is 0.571. The third-order valence-electron chi connectivity index (χ3n) is 1.60. The van der Waals surface area contributed by atoms with Crippen LogP contribution < -0.4 is 5.32 Å². The average molecular weight is 157 g/mol. The topological polar surface area (TPSA) is 24.9 Å². The highest BCUT2D eigenvalue weighted by atomic mass is 32.1. The maximum absolute atomic E-state index is 7.21. The second-order valence-electron chi connectivity index (χ2n) is 2.32. The van der Waals surface area contributed by atoms with E-state index in [9.17, 15) is 0 Å². The van der Waals surface area contributed by atoms with Crippen molar-refractivity contribution >= 4 is 11.3 Å². The Labute approximate surface area is 68.5 Å². The predicted molar refractivity (Wildman–Crippen MR) is 42.3 cm³/mol. The first-order valence-electron chi connectivity index (χ1n) is 4.77. The van der Waals surface area contributed by atoms with Gasteiger partial charge in [0, 0.05) is 28.5 Å². The molecule has 0 aromatic carbocycles. The van der Waals surface area contributed by atoms with E-state index in [2.05, 4.69) is 10.3 Å². The van der Waals surface area contributed by atoms with Gasteiger partial charge in [0.2, 0.25) is 0 Å². The van der Waals surface area contributed by atoms with E-state index < -0.39 is 6.85 Å². The number of hydrogen-bond donors (Lipinski definition) is 1. The van der Waals surface area contributed by atoms with Gasteiger partial charge in [0.05, 0.1) is 10.7 Å². The summed E-state index contributed by atoms with van der Waals surface area (Å²) in [5, 5.41) is 3.47. The van der Waals surface area contributed by atoms with E-state index in [0.29, 0.717) is 0 Å². The molecule has 1 aliphatic heterocycles. The van der Waals surface area contributed by atoms with Crippen LogP contribution in [0.2, 0.25) is 0 Å². The highest BCUT2D eigenvalue weighted by Gasteiger charge is 2.11. The van der Waals surface area contributed by atoms with Crippen molar-refractivity contribution in [2.75, 3.05) is 6.54 Å². The van der Waals surface area contributed by atoms with E-state index in [1.54, 1.807) is 0 Å². The Morgan fingerprint density at radius 1 is 1.80 bits per heavy atom. The van der Waals surface area contributed by atoms with Crippen LogP contribution in [0.3, 0.4) is 0 Å². The molecule has 0 amide bonds. The maximum Gasteiger partial charge on any atom is 0.0900 e.